The summed E-state index contributed by atoms with van der Waals surface area (Å²) in [5, 5.41) is 2.96. The Labute approximate surface area is 185 Å². The Morgan fingerprint density at radius 1 is 1.19 bits per heavy atom. The Kier molecular flexibility index (Phi) is 6.53. The lowest BCUT2D eigenvalue weighted by atomic mass is 10.1. The van der Waals surface area contributed by atoms with Crippen LogP contribution in [0.2, 0.25) is 0 Å². The van der Waals surface area contributed by atoms with Crippen LogP contribution in [-0.4, -0.2) is 41.2 Å². The summed E-state index contributed by atoms with van der Waals surface area (Å²) in [6.45, 7) is 7.89. The number of rotatable bonds is 9. The van der Waals surface area contributed by atoms with Crippen molar-refractivity contribution in [3.05, 3.63) is 54.2 Å². The summed E-state index contributed by atoms with van der Waals surface area (Å²) >= 11 is 1.58. The molecule has 2 aromatic heterocycles. The maximum absolute atomic E-state index is 12.5. The first kappa shape index (κ1) is 21.3. The van der Waals surface area contributed by atoms with Gasteiger partial charge in [-0.25, -0.2) is 4.98 Å². The molecule has 31 heavy (non-hydrogen) atoms. The summed E-state index contributed by atoms with van der Waals surface area (Å²) in [5.74, 6) is 0.795. The molecule has 0 aliphatic rings. The number of nitrogens with zero attached hydrogens (tertiary/aromatic N) is 2. The van der Waals surface area contributed by atoms with E-state index in [2.05, 4.69) is 9.72 Å². The van der Waals surface area contributed by atoms with E-state index >= 15 is 0 Å². The first-order chi connectivity index (χ1) is 15.0. The number of benzene rings is 2. The van der Waals surface area contributed by atoms with Crippen molar-refractivity contribution in [3.8, 4) is 17.0 Å². The normalized spacial score (nSPS) is 11.5. The van der Waals surface area contributed by atoms with Crippen LogP contribution >= 0.6 is 11.3 Å². The molecule has 0 unspecified atom stereocenters. The molecule has 4 rings (SSSR count). The maximum Gasteiger partial charge on any atom is 0.251 e. The smallest absolute Gasteiger partial charge is 0.251 e. The van der Waals surface area contributed by atoms with Gasteiger partial charge in [-0.3, -0.25) is 9.20 Å². The van der Waals surface area contributed by atoms with Gasteiger partial charge in [-0.15, -0.1) is 0 Å². The molecule has 0 saturated carbocycles. The van der Waals surface area contributed by atoms with Crippen molar-refractivity contribution >= 4 is 32.4 Å². The van der Waals surface area contributed by atoms with Gasteiger partial charge < -0.3 is 14.8 Å². The van der Waals surface area contributed by atoms with Crippen LogP contribution in [-0.2, 0) is 4.74 Å². The molecule has 7 heteroatoms. The molecular formula is C24H27N3O3S. The zero-order valence-electron chi connectivity index (χ0n) is 18.1. The predicted molar refractivity (Wildman–Crippen MR) is 125 cm³/mol. The largest absolute Gasteiger partial charge is 0.494 e. The highest BCUT2D eigenvalue weighted by Gasteiger charge is 2.13. The molecule has 0 spiro atoms. The van der Waals surface area contributed by atoms with Gasteiger partial charge in [-0.2, -0.15) is 0 Å². The van der Waals surface area contributed by atoms with Gasteiger partial charge in [0.15, 0.2) is 4.96 Å². The number of hydrogen-bond donors (Lipinski definition) is 1. The van der Waals surface area contributed by atoms with Crippen molar-refractivity contribution in [1.82, 2.24) is 14.7 Å². The van der Waals surface area contributed by atoms with E-state index in [-0.39, 0.29) is 12.0 Å². The summed E-state index contributed by atoms with van der Waals surface area (Å²) in [6.07, 6.45) is 3.05. The van der Waals surface area contributed by atoms with E-state index in [0.29, 0.717) is 25.3 Å². The predicted octanol–water partition coefficient (Wildman–Crippen LogP) is 5.16. The van der Waals surface area contributed by atoms with Crippen molar-refractivity contribution in [3.63, 3.8) is 0 Å². The van der Waals surface area contributed by atoms with Crippen LogP contribution in [0.3, 0.4) is 0 Å². The number of hydrogen-bond acceptors (Lipinski definition) is 5. The third-order valence-corrected chi connectivity index (χ3v) is 5.89. The lowest BCUT2D eigenvalue weighted by Gasteiger charge is -2.08. The van der Waals surface area contributed by atoms with Crippen molar-refractivity contribution in [1.29, 1.82) is 0 Å². The monoisotopic (exact) mass is 437 g/mol. The van der Waals surface area contributed by atoms with Gasteiger partial charge >= 0.3 is 0 Å². The second-order valence-corrected chi connectivity index (χ2v) is 8.56. The van der Waals surface area contributed by atoms with Crippen LogP contribution in [0.1, 0.15) is 37.6 Å². The van der Waals surface area contributed by atoms with E-state index in [1.165, 1.54) is 0 Å². The molecule has 0 aliphatic heterocycles. The Morgan fingerprint density at radius 3 is 2.74 bits per heavy atom. The minimum atomic E-state index is -0.0624. The molecule has 6 nitrogen and oxygen atoms in total. The van der Waals surface area contributed by atoms with E-state index in [0.717, 1.165) is 38.6 Å². The fraction of sp³-hybridized carbons (Fsp3) is 0.333. The molecule has 0 fully saturated rings. The number of aromatic nitrogens is 2. The molecule has 0 saturated heterocycles. The van der Waals surface area contributed by atoms with Crippen LogP contribution in [0.4, 0.5) is 0 Å². The van der Waals surface area contributed by atoms with E-state index in [9.17, 15) is 4.79 Å². The summed E-state index contributed by atoms with van der Waals surface area (Å²) in [5.41, 5.74) is 3.67. The van der Waals surface area contributed by atoms with Crippen molar-refractivity contribution < 1.29 is 14.3 Å². The first-order valence-corrected chi connectivity index (χ1v) is 11.4. The summed E-state index contributed by atoms with van der Waals surface area (Å²) in [4.78, 5) is 18.2. The van der Waals surface area contributed by atoms with Gasteiger partial charge in [-0.05, 0) is 69.7 Å². The lowest BCUT2D eigenvalue weighted by molar-refractivity contribution is 0.0757. The van der Waals surface area contributed by atoms with Gasteiger partial charge in [0.1, 0.15) is 5.75 Å². The number of carbonyl (C=O) groups excluding carboxylic acids is 1. The van der Waals surface area contributed by atoms with Crippen LogP contribution in [0.15, 0.2) is 48.7 Å². The van der Waals surface area contributed by atoms with Crippen molar-refractivity contribution in [2.75, 3.05) is 19.8 Å². The second kappa shape index (κ2) is 9.49. The molecule has 2 heterocycles. The summed E-state index contributed by atoms with van der Waals surface area (Å²) in [6, 6.07) is 13.8. The second-order valence-electron chi connectivity index (χ2n) is 7.55. The topological polar surface area (TPSA) is 64.9 Å². The molecule has 2 aromatic carbocycles. The van der Waals surface area contributed by atoms with Gasteiger partial charge in [0, 0.05) is 30.5 Å². The average Bonchev–Trinajstić information content (AvgIpc) is 3.31. The van der Waals surface area contributed by atoms with Crippen LogP contribution in [0, 0.1) is 0 Å². The average molecular weight is 438 g/mol. The fourth-order valence-electron chi connectivity index (χ4n) is 3.37. The number of fused-ring (bicyclic) bond motifs is 3. The lowest BCUT2D eigenvalue weighted by Crippen LogP contribution is -2.25. The Bertz CT molecular complexity index is 1180. The number of nitrogens with one attached hydrogen (secondary N) is 1. The molecular weight excluding hydrogens is 410 g/mol. The van der Waals surface area contributed by atoms with Gasteiger partial charge in [-0.1, -0.05) is 11.3 Å². The SMILES string of the molecule is CCOc1ccc(-c2cn3c(n2)sc2cc(C(=O)NCCCOC(C)C)ccc23)cc1. The van der Waals surface area contributed by atoms with E-state index in [1.807, 2.05) is 69.4 Å². The summed E-state index contributed by atoms with van der Waals surface area (Å²) < 4.78 is 14.1. The van der Waals surface area contributed by atoms with E-state index < -0.39 is 0 Å². The van der Waals surface area contributed by atoms with Crippen LogP contribution < -0.4 is 10.1 Å². The minimum Gasteiger partial charge on any atom is -0.494 e. The first-order valence-electron chi connectivity index (χ1n) is 10.6. The van der Waals surface area contributed by atoms with Gasteiger partial charge in [0.2, 0.25) is 0 Å². The number of imidazole rings is 1. The fourth-order valence-corrected chi connectivity index (χ4v) is 4.41. The van der Waals surface area contributed by atoms with Gasteiger partial charge in [0.05, 0.1) is 28.6 Å². The molecule has 1 amide bonds. The van der Waals surface area contributed by atoms with E-state index in [4.69, 9.17) is 14.5 Å². The number of thiazole rings is 1. The summed E-state index contributed by atoms with van der Waals surface area (Å²) in [7, 11) is 0. The highest BCUT2D eigenvalue weighted by atomic mass is 32.1. The highest BCUT2D eigenvalue weighted by molar-refractivity contribution is 7.23. The van der Waals surface area contributed by atoms with Crippen LogP contribution in [0.5, 0.6) is 5.75 Å². The molecule has 4 aromatic rings. The molecule has 0 aliphatic carbocycles. The van der Waals surface area contributed by atoms with Crippen molar-refractivity contribution in [2.24, 2.45) is 0 Å². The molecule has 162 valence electrons. The maximum atomic E-state index is 12.5. The Hall–Kier alpha value is -2.90. The zero-order valence-corrected chi connectivity index (χ0v) is 18.9. The Morgan fingerprint density at radius 2 is 2.00 bits per heavy atom. The standard InChI is InChI=1S/C24H27N3O3S/c1-4-29-19-9-6-17(7-10-19)20-15-27-21-11-8-18(14-22(21)31-24(27)26-20)23(28)25-12-5-13-30-16(2)3/h6-11,14-16H,4-5,12-13H2,1-3H3,(H,25,28). The molecule has 1 N–H and O–H groups in total. The number of carbonyl (C=O) groups is 1. The number of ether oxygens (including phenoxy) is 2. The van der Waals surface area contributed by atoms with Crippen molar-refractivity contribution in [2.45, 2.75) is 33.3 Å². The molecule has 0 atom stereocenters. The number of amides is 1. The molecule has 0 radical (unpaired) electrons. The molecule has 0 bridgehead atoms. The van der Waals surface area contributed by atoms with Gasteiger partial charge in [0.25, 0.3) is 5.91 Å². The third-order valence-electron chi connectivity index (χ3n) is 4.88. The third kappa shape index (κ3) is 4.89. The van der Waals surface area contributed by atoms with Crippen LogP contribution in [0.25, 0.3) is 26.4 Å². The van der Waals surface area contributed by atoms with E-state index in [1.54, 1.807) is 11.3 Å². The highest BCUT2D eigenvalue weighted by Crippen LogP contribution is 2.30. The zero-order chi connectivity index (χ0) is 21.8. The Balaban J connectivity index is 1.48. The minimum absolute atomic E-state index is 0.0624. The quantitative estimate of drug-likeness (QED) is 0.367.